The molecule has 0 radical (unpaired) electrons. The minimum Gasteiger partial charge on any atom is -0.374 e. The van der Waals surface area contributed by atoms with Gasteiger partial charge in [0.1, 0.15) is 0 Å². The Morgan fingerprint density at radius 2 is 2.07 bits per heavy atom. The average Bonchev–Trinajstić information content (AvgIpc) is 2.08. The molecule has 0 saturated heterocycles. The van der Waals surface area contributed by atoms with Crippen molar-refractivity contribution in [1.82, 2.24) is 5.32 Å². The van der Waals surface area contributed by atoms with E-state index in [1.165, 1.54) is 0 Å². The lowest BCUT2D eigenvalue weighted by Gasteiger charge is -2.24. The zero-order chi connectivity index (χ0) is 11.0. The van der Waals surface area contributed by atoms with Crippen LogP contribution in [0.25, 0.3) is 0 Å². The molecule has 1 atom stereocenters. The van der Waals surface area contributed by atoms with E-state index in [9.17, 15) is 0 Å². The van der Waals surface area contributed by atoms with Crippen LogP contribution in [-0.2, 0) is 4.74 Å². The van der Waals surface area contributed by atoms with Crippen molar-refractivity contribution >= 4 is 0 Å². The van der Waals surface area contributed by atoms with Gasteiger partial charge in [-0.1, -0.05) is 6.92 Å². The van der Waals surface area contributed by atoms with Crippen molar-refractivity contribution in [3.8, 4) is 12.3 Å². The molecular formula is C12H23NO. The van der Waals surface area contributed by atoms with Crippen molar-refractivity contribution in [2.45, 2.75) is 52.2 Å². The maximum Gasteiger partial charge on any atom is 0.0627 e. The summed E-state index contributed by atoms with van der Waals surface area (Å²) < 4.78 is 5.71. The van der Waals surface area contributed by atoms with Gasteiger partial charge in [-0.3, -0.25) is 0 Å². The lowest BCUT2D eigenvalue weighted by Crippen LogP contribution is -2.36. The molecule has 0 fully saturated rings. The maximum absolute atomic E-state index is 5.71. The van der Waals surface area contributed by atoms with Gasteiger partial charge in [-0.25, -0.2) is 0 Å². The van der Waals surface area contributed by atoms with E-state index >= 15 is 0 Å². The molecule has 0 saturated carbocycles. The lowest BCUT2D eigenvalue weighted by molar-refractivity contribution is -0.0150. The zero-order valence-electron chi connectivity index (χ0n) is 9.89. The number of ether oxygens (including phenoxy) is 1. The lowest BCUT2D eigenvalue weighted by atomic mass is 10.1. The summed E-state index contributed by atoms with van der Waals surface area (Å²) in [6.45, 7) is 9.99. The second-order valence-electron chi connectivity index (χ2n) is 4.42. The van der Waals surface area contributed by atoms with Crippen LogP contribution in [0.2, 0.25) is 0 Å². The van der Waals surface area contributed by atoms with E-state index in [2.05, 4.69) is 38.9 Å². The van der Waals surface area contributed by atoms with Gasteiger partial charge in [0, 0.05) is 12.5 Å². The summed E-state index contributed by atoms with van der Waals surface area (Å²) in [7, 11) is 0. The van der Waals surface area contributed by atoms with Crippen LogP contribution in [0.15, 0.2) is 0 Å². The average molecular weight is 197 g/mol. The molecule has 0 aromatic heterocycles. The molecule has 14 heavy (non-hydrogen) atoms. The van der Waals surface area contributed by atoms with Gasteiger partial charge in [-0.05, 0) is 33.7 Å². The quantitative estimate of drug-likeness (QED) is 0.659. The van der Waals surface area contributed by atoms with Crippen LogP contribution < -0.4 is 5.32 Å². The first-order chi connectivity index (χ1) is 6.49. The van der Waals surface area contributed by atoms with E-state index in [4.69, 9.17) is 11.2 Å². The van der Waals surface area contributed by atoms with Crippen LogP contribution in [0, 0.1) is 12.3 Å². The van der Waals surface area contributed by atoms with Gasteiger partial charge in [0.15, 0.2) is 0 Å². The Morgan fingerprint density at radius 1 is 1.43 bits per heavy atom. The van der Waals surface area contributed by atoms with Gasteiger partial charge in [0.2, 0.25) is 0 Å². The van der Waals surface area contributed by atoms with E-state index < -0.39 is 0 Å². The van der Waals surface area contributed by atoms with E-state index in [0.717, 1.165) is 26.0 Å². The molecule has 0 aliphatic rings. The fourth-order valence-electron chi connectivity index (χ4n) is 1.14. The molecule has 1 N–H and O–H groups in total. The summed E-state index contributed by atoms with van der Waals surface area (Å²) in [6.07, 6.45) is 7.03. The highest BCUT2D eigenvalue weighted by atomic mass is 16.5. The summed E-state index contributed by atoms with van der Waals surface area (Å²) in [5.41, 5.74) is -0.0657. The van der Waals surface area contributed by atoms with Gasteiger partial charge in [0.05, 0.1) is 12.2 Å². The maximum atomic E-state index is 5.71. The van der Waals surface area contributed by atoms with Gasteiger partial charge in [0.25, 0.3) is 0 Å². The van der Waals surface area contributed by atoms with Crippen molar-refractivity contribution in [2.24, 2.45) is 0 Å². The molecule has 0 aliphatic carbocycles. The van der Waals surface area contributed by atoms with E-state index in [1.54, 1.807) is 0 Å². The molecule has 0 amide bonds. The Labute approximate surface area is 88.4 Å². The van der Waals surface area contributed by atoms with E-state index in [-0.39, 0.29) is 5.60 Å². The third kappa shape index (κ3) is 8.10. The molecule has 0 aromatic rings. The Balaban J connectivity index is 3.79. The molecule has 82 valence electrons. The standard InChI is InChI=1S/C12H23NO/c1-6-8-9-11(13-7-2)10-14-12(3,4)5/h1,11,13H,7-10H2,2-5H3. The number of terminal acetylenes is 1. The number of nitrogens with one attached hydrogen (secondary N) is 1. The molecule has 0 rings (SSSR count). The smallest absolute Gasteiger partial charge is 0.0627 e. The first kappa shape index (κ1) is 13.5. The summed E-state index contributed by atoms with van der Waals surface area (Å²) in [5.74, 6) is 2.66. The van der Waals surface area contributed by atoms with Crippen LogP contribution in [0.4, 0.5) is 0 Å². The van der Waals surface area contributed by atoms with Crippen molar-refractivity contribution in [2.75, 3.05) is 13.2 Å². The second-order valence-corrected chi connectivity index (χ2v) is 4.42. The Kier molecular flexibility index (Phi) is 6.61. The highest BCUT2D eigenvalue weighted by molar-refractivity contribution is 4.85. The third-order valence-electron chi connectivity index (χ3n) is 1.85. The molecular weight excluding hydrogens is 174 g/mol. The zero-order valence-corrected chi connectivity index (χ0v) is 9.89. The summed E-state index contributed by atoms with van der Waals surface area (Å²) >= 11 is 0. The second kappa shape index (κ2) is 6.86. The topological polar surface area (TPSA) is 21.3 Å². The van der Waals surface area contributed by atoms with Crippen LogP contribution in [0.1, 0.15) is 40.5 Å². The van der Waals surface area contributed by atoms with Crippen LogP contribution in [-0.4, -0.2) is 24.8 Å². The Morgan fingerprint density at radius 3 is 2.50 bits per heavy atom. The molecule has 1 unspecified atom stereocenters. The largest absolute Gasteiger partial charge is 0.374 e. The molecule has 0 spiro atoms. The van der Waals surface area contributed by atoms with Crippen LogP contribution in [0.5, 0.6) is 0 Å². The van der Waals surface area contributed by atoms with E-state index in [0.29, 0.717) is 6.04 Å². The predicted octanol–water partition coefficient (Wildman–Crippen LogP) is 2.19. The molecule has 0 heterocycles. The monoisotopic (exact) mass is 197 g/mol. The van der Waals surface area contributed by atoms with Gasteiger partial charge >= 0.3 is 0 Å². The molecule has 2 nitrogen and oxygen atoms in total. The number of rotatable bonds is 6. The van der Waals surface area contributed by atoms with Crippen molar-refractivity contribution in [1.29, 1.82) is 0 Å². The molecule has 2 heteroatoms. The number of hydrogen-bond donors (Lipinski definition) is 1. The van der Waals surface area contributed by atoms with Crippen molar-refractivity contribution in [3.63, 3.8) is 0 Å². The molecule has 0 aromatic carbocycles. The van der Waals surface area contributed by atoms with Crippen molar-refractivity contribution in [3.05, 3.63) is 0 Å². The first-order valence-electron chi connectivity index (χ1n) is 5.30. The number of likely N-dealkylation sites (N-methyl/N-ethyl adjacent to an activating group) is 1. The molecule has 0 aliphatic heterocycles. The fourth-order valence-corrected chi connectivity index (χ4v) is 1.14. The highest BCUT2D eigenvalue weighted by Gasteiger charge is 2.14. The third-order valence-corrected chi connectivity index (χ3v) is 1.85. The Bertz CT molecular complexity index is 176. The molecule has 0 bridgehead atoms. The SMILES string of the molecule is C#CCCC(COC(C)(C)C)NCC. The Hall–Kier alpha value is -0.520. The van der Waals surface area contributed by atoms with Gasteiger partial charge < -0.3 is 10.1 Å². The summed E-state index contributed by atoms with van der Waals surface area (Å²) in [5, 5.41) is 3.37. The highest BCUT2D eigenvalue weighted by Crippen LogP contribution is 2.08. The van der Waals surface area contributed by atoms with E-state index in [1.807, 2.05) is 0 Å². The first-order valence-corrected chi connectivity index (χ1v) is 5.30. The number of hydrogen-bond acceptors (Lipinski definition) is 2. The van der Waals surface area contributed by atoms with Gasteiger partial charge in [-0.15, -0.1) is 12.3 Å². The van der Waals surface area contributed by atoms with Gasteiger partial charge in [-0.2, -0.15) is 0 Å². The normalized spacial score (nSPS) is 13.6. The summed E-state index contributed by atoms with van der Waals surface area (Å²) in [4.78, 5) is 0. The fraction of sp³-hybridized carbons (Fsp3) is 0.833. The van der Waals surface area contributed by atoms with Crippen molar-refractivity contribution < 1.29 is 4.74 Å². The van der Waals surface area contributed by atoms with Crippen LogP contribution >= 0.6 is 0 Å². The predicted molar refractivity (Wildman–Crippen MR) is 61.2 cm³/mol. The minimum atomic E-state index is -0.0657. The summed E-state index contributed by atoms with van der Waals surface area (Å²) in [6, 6.07) is 0.385. The minimum absolute atomic E-state index is 0.0657. The van der Waals surface area contributed by atoms with Crippen LogP contribution in [0.3, 0.4) is 0 Å².